The second kappa shape index (κ2) is 8.68. The number of hydrogen-bond acceptors (Lipinski definition) is 5. The first-order chi connectivity index (χ1) is 13.8. The highest BCUT2D eigenvalue weighted by atomic mass is 79.9. The minimum atomic E-state index is -3.74. The van der Waals surface area contributed by atoms with Gasteiger partial charge >= 0.3 is 0 Å². The van der Waals surface area contributed by atoms with Gasteiger partial charge in [-0.3, -0.25) is 4.79 Å². The predicted octanol–water partition coefficient (Wildman–Crippen LogP) is 2.75. The van der Waals surface area contributed by atoms with Gasteiger partial charge < -0.3 is 14.4 Å². The molecule has 0 bridgehead atoms. The molecule has 1 heterocycles. The molecule has 156 valence electrons. The zero-order valence-corrected chi connectivity index (χ0v) is 18.3. The number of piperazine rings is 1. The summed E-state index contributed by atoms with van der Waals surface area (Å²) < 4.78 is 51.0. The Morgan fingerprint density at radius 1 is 1.00 bits per heavy atom. The maximum atomic E-state index is 13.1. The summed E-state index contributed by atoms with van der Waals surface area (Å²) in [6, 6.07) is 7.92. The minimum absolute atomic E-state index is 0.0288. The molecule has 1 saturated heterocycles. The SMILES string of the molecule is COc1cc(C(=O)N2CCN(S(=O)(=O)c3ccc(F)cc3)CC2)cc(OC)c1Br. The van der Waals surface area contributed by atoms with Crippen LogP contribution in [-0.4, -0.2) is 63.9 Å². The van der Waals surface area contributed by atoms with Gasteiger partial charge in [0.2, 0.25) is 10.0 Å². The van der Waals surface area contributed by atoms with Gasteiger partial charge in [0.1, 0.15) is 21.8 Å². The highest BCUT2D eigenvalue weighted by molar-refractivity contribution is 9.10. The van der Waals surface area contributed by atoms with Crippen molar-refractivity contribution in [1.82, 2.24) is 9.21 Å². The summed E-state index contributed by atoms with van der Waals surface area (Å²) in [6.45, 7) is 0.770. The van der Waals surface area contributed by atoms with Gasteiger partial charge in [-0.05, 0) is 52.3 Å². The number of carbonyl (C=O) groups is 1. The normalized spacial score (nSPS) is 15.2. The van der Waals surface area contributed by atoms with Crippen molar-refractivity contribution in [3.8, 4) is 11.5 Å². The summed E-state index contributed by atoms with van der Waals surface area (Å²) in [5, 5.41) is 0. The molecule has 10 heteroatoms. The lowest BCUT2D eigenvalue weighted by Crippen LogP contribution is -2.50. The second-order valence-electron chi connectivity index (χ2n) is 6.34. The number of sulfonamides is 1. The van der Waals surface area contributed by atoms with Gasteiger partial charge in [0.15, 0.2) is 0 Å². The monoisotopic (exact) mass is 486 g/mol. The van der Waals surface area contributed by atoms with Gasteiger partial charge in [-0.15, -0.1) is 0 Å². The van der Waals surface area contributed by atoms with Crippen molar-refractivity contribution in [2.24, 2.45) is 0 Å². The quantitative estimate of drug-likeness (QED) is 0.649. The van der Waals surface area contributed by atoms with Crippen LogP contribution in [0.25, 0.3) is 0 Å². The van der Waals surface area contributed by atoms with E-state index in [-0.39, 0.29) is 37.0 Å². The molecule has 29 heavy (non-hydrogen) atoms. The lowest BCUT2D eigenvalue weighted by atomic mass is 10.1. The van der Waals surface area contributed by atoms with Crippen LogP contribution < -0.4 is 9.47 Å². The topological polar surface area (TPSA) is 76.2 Å². The molecule has 1 fully saturated rings. The van der Waals surface area contributed by atoms with Crippen LogP contribution in [0.5, 0.6) is 11.5 Å². The maximum absolute atomic E-state index is 13.1. The van der Waals surface area contributed by atoms with Crippen LogP contribution in [0.2, 0.25) is 0 Å². The van der Waals surface area contributed by atoms with Crippen molar-refractivity contribution in [3.05, 3.63) is 52.3 Å². The van der Waals surface area contributed by atoms with Crippen LogP contribution >= 0.6 is 15.9 Å². The Morgan fingerprint density at radius 2 is 1.52 bits per heavy atom. The Kier molecular flexibility index (Phi) is 6.45. The van der Waals surface area contributed by atoms with Crippen LogP contribution in [-0.2, 0) is 10.0 Å². The summed E-state index contributed by atoms with van der Waals surface area (Å²) in [5.74, 6) is 0.183. The Bertz CT molecular complexity index is 981. The molecule has 0 spiro atoms. The van der Waals surface area contributed by atoms with E-state index in [1.807, 2.05) is 0 Å². The Hall–Kier alpha value is -2.17. The zero-order chi connectivity index (χ0) is 21.2. The Morgan fingerprint density at radius 3 is 2.00 bits per heavy atom. The summed E-state index contributed by atoms with van der Waals surface area (Å²) in [4.78, 5) is 14.5. The number of methoxy groups -OCH3 is 2. The van der Waals surface area contributed by atoms with E-state index in [9.17, 15) is 17.6 Å². The maximum Gasteiger partial charge on any atom is 0.254 e. The molecule has 1 aliphatic heterocycles. The van der Waals surface area contributed by atoms with Gasteiger partial charge in [0.25, 0.3) is 5.91 Å². The van der Waals surface area contributed by atoms with Crippen LogP contribution in [0.4, 0.5) is 4.39 Å². The number of halogens is 2. The summed E-state index contributed by atoms with van der Waals surface area (Å²) in [7, 11) is -0.751. The number of rotatable bonds is 5. The standard InChI is InChI=1S/C19H20BrFN2O5S/c1-27-16-11-13(12-17(28-2)18(16)20)19(24)22-7-9-23(10-8-22)29(25,26)15-5-3-14(21)4-6-15/h3-6,11-12H,7-10H2,1-2H3. The third kappa shape index (κ3) is 4.39. The smallest absolute Gasteiger partial charge is 0.254 e. The van der Waals surface area contributed by atoms with E-state index in [0.29, 0.717) is 21.5 Å². The zero-order valence-electron chi connectivity index (χ0n) is 15.9. The molecule has 3 rings (SSSR count). The molecule has 1 aliphatic rings. The van der Waals surface area contributed by atoms with E-state index in [4.69, 9.17) is 9.47 Å². The first-order valence-electron chi connectivity index (χ1n) is 8.74. The van der Waals surface area contributed by atoms with Crippen LogP contribution in [0, 0.1) is 5.82 Å². The summed E-state index contributed by atoms with van der Waals surface area (Å²) in [6.07, 6.45) is 0. The van der Waals surface area contributed by atoms with Crippen molar-refractivity contribution in [3.63, 3.8) is 0 Å². The van der Waals surface area contributed by atoms with E-state index >= 15 is 0 Å². The number of benzene rings is 2. The molecule has 2 aromatic rings. The van der Waals surface area contributed by atoms with E-state index in [2.05, 4.69) is 15.9 Å². The van der Waals surface area contributed by atoms with Crippen molar-refractivity contribution in [2.45, 2.75) is 4.90 Å². The van der Waals surface area contributed by atoms with E-state index in [1.165, 1.54) is 30.7 Å². The minimum Gasteiger partial charge on any atom is -0.495 e. The first kappa shape index (κ1) is 21.5. The predicted molar refractivity (Wildman–Crippen MR) is 108 cm³/mol. The molecule has 0 saturated carbocycles. The third-order valence-corrected chi connectivity index (χ3v) is 7.36. The van der Waals surface area contributed by atoms with Crippen LogP contribution in [0.3, 0.4) is 0 Å². The van der Waals surface area contributed by atoms with Crippen molar-refractivity contribution >= 4 is 31.9 Å². The van der Waals surface area contributed by atoms with E-state index in [0.717, 1.165) is 12.1 Å². The van der Waals surface area contributed by atoms with Gasteiger partial charge in [-0.1, -0.05) is 0 Å². The number of ether oxygens (including phenoxy) is 2. The molecule has 0 aliphatic carbocycles. The van der Waals surface area contributed by atoms with Crippen molar-refractivity contribution in [2.75, 3.05) is 40.4 Å². The molecule has 7 nitrogen and oxygen atoms in total. The number of amides is 1. The fourth-order valence-corrected chi connectivity index (χ4v) is 5.04. The molecule has 0 aromatic heterocycles. The van der Waals surface area contributed by atoms with Gasteiger partial charge in [0, 0.05) is 31.7 Å². The molecular weight excluding hydrogens is 467 g/mol. The number of hydrogen-bond donors (Lipinski definition) is 0. The largest absolute Gasteiger partial charge is 0.495 e. The van der Waals surface area contributed by atoms with Crippen LogP contribution in [0.1, 0.15) is 10.4 Å². The molecule has 0 radical (unpaired) electrons. The van der Waals surface area contributed by atoms with Crippen molar-refractivity contribution < 1.29 is 27.1 Å². The van der Waals surface area contributed by atoms with Crippen LogP contribution in [0.15, 0.2) is 45.8 Å². The molecule has 1 amide bonds. The van der Waals surface area contributed by atoms with E-state index < -0.39 is 15.8 Å². The Balaban J connectivity index is 1.74. The second-order valence-corrected chi connectivity index (χ2v) is 9.08. The third-order valence-electron chi connectivity index (χ3n) is 4.67. The summed E-state index contributed by atoms with van der Waals surface area (Å²) >= 11 is 3.37. The van der Waals surface area contributed by atoms with Gasteiger partial charge in [0.05, 0.1) is 19.1 Å². The first-order valence-corrected chi connectivity index (χ1v) is 11.0. The molecular formula is C19H20BrFN2O5S. The molecule has 0 atom stereocenters. The average molecular weight is 487 g/mol. The lowest BCUT2D eigenvalue weighted by Gasteiger charge is -2.34. The number of nitrogens with zero attached hydrogens (tertiary/aromatic N) is 2. The highest BCUT2D eigenvalue weighted by Crippen LogP contribution is 2.36. The van der Waals surface area contributed by atoms with Gasteiger partial charge in [-0.2, -0.15) is 4.31 Å². The fourth-order valence-electron chi connectivity index (χ4n) is 3.06. The van der Waals surface area contributed by atoms with E-state index in [1.54, 1.807) is 17.0 Å². The highest BCUT2D eigenvalue weighted by Gasteiger charge is 2.31. The van der Waals surface area contributed by atoms with Crippen molar-refractivity contribution in [1.29, 1.82) is 0 Å². The molecule has 0 N–H and O–H groups in total. The average Bonchev–Trinajstić information content (AvgIpc) is 2.73. The van der Waals surface area contributed by atoms with Gasteiger partial charge in [-0.25, -0.2) is 12.8 Å². The molecule has 0 unspecified atom stereocenters. The number of carbonyl (C=O) groups excluding carboxylic acids is 1. The lowest BCUT2D eigenvalue weighted by molar-refractivity contribution is 0.0697. The summed E-state index contributed by atoms with van der Waals surface area (Å²) in [5.41, 5.74) is 0.386. The fraction of sp³-hybridized carbons (Fsp3) is 0.316. The molecule has 2 aromatic carbocycles. The Labute approximate surface area is 177 Å².